The molecule has 0 aliphatic rings. The van der Waals surface area contributed by atoms with Crippen LogP contribution in [0.1, 0.15) is 58.9 Å². The molecule has 1 aromatic carbocycles. The minimum absolute atomic E-state index is 0. The number of benzene rings is 1. The van der Waals surface area contributed by atoms with Gasteiger partial charge in [0.05, 0.1) is 7.11 Å². The summed E-state index contributed by atoms with van der Waals surface area (Å²) in [7, 11) is 1.61. The normalized spacial score (nSPS) is 10.8. The Bertz CT molecular complexity index is 530. The van der Waals surface area contributed by atoms with Crippen molar-refractivity contribution in [3.8, 4) is 11.5 Å². The summed E-state index contributed by atoms with van der Waals surface area (Å²) in [5, 5.41) is 6.32. The molecule has 0 aromatic heterocycles. The van der Waals surface area contributed by atoms with Crippen molar-refractivity contribution in [2.45, 2.75) is 65.5 Å². The number of unbranched alkanes of at least 4 members (excludes halogenated alkanes) is 3. The van der Waals surface area contributed by atoms with Crippen LogP contribution in [0.5, 0.6) is 11.5 Å². The van der Waals surface area contributed by atoms with Crippen LogP contribution >= 0.6 is 12.4 Å². The standard InChI is InChI=1S/C20H34N2O3.ClH/c1-6-7-8-9-12-21-14-16-10-11-17(18(13-16)24-5)25-15-19(23)22-20(2,3)4;/h10-11,13,21H,6-9,12,14-15H2,1-5H3,(H,22,23);1H. The van der Waals surface area contributed by atoms with E-state index in [1.807, 2.05) is 39.0 Å². The van der Waals surface area contributed by atoms with E-state index in [4.69, 9.17) is 9.47 Å². The molecule has 0 saturated heterocycles. The van der Waals surface area contributed by atoms with Gasteiger partial charge in [0, 0.05) is 12.1 Å². The second kappa shape index (κ2) is 12.8. The fourth-order valence-corrected chi connectivity index (χ4v) is 2.45. The van der Waals surface area contributed by atoms with Gasteiger partial charge in [-0.1, -0.05) is 32.3 Å². The molecule has 0 fully saturated rings. The predicted octanol–water partition coefficient (Wildman–Crippen LogP) is 4.08. The van der Waals surface area contributed by atoms with E-state index in [0.717, 1.165) is 18.7 Å². The summed E-state index contributed by atoms with van der Waals surface area (Å²) in [6.45, 7) is 9.83. The van der Waals surface area contributed by atoms with E-state index >= 15 is 0 Å². The summed E-state index contributed by atoms with van der Waals surface area (Å²) >= 11 is 0. The average molecular weight is 387 g/mol. The van der Waals surface area contributed by atoms with Crippen molar-refractivity contribution >= 4 is 18.3 Å². The Hall–Kier alpha value is -1.46. The van der Waals surface area contributed by atoms with E-state index < -0.39 is 0 Å². The molecular weight excluding hydrogens is 352 g/mol. The lowest BCUT2D eigenvalue weighted by Gasteiger charge is -2.20. The van der Waals surface area contributed by atoms with Crippen LogP contribution in [0.15, 0.2) is 18.2 Å². The second-order valence-electron chi connectivity index (χ2n) is 7.31. The highest BCUT2D eigenvalue weighted by molar-refractivity contribution is 5.85. The van der Waals surface area contributed by atoms with Crippen molar-refractivity contribution in [1.82, 2.24) is 10.6 Å². The summed E-state index contributed by atoms with van der Waals surface area (Å²) in [5.74, 6) is 1.08. The number of methoxy groups -OCH3 is 1. The van der Waals surface area contributed by atoms with Crippen LogP contribution in [0.25, 0.3) is 0 Å². The van der Waals surface area contributed by atoms with Crippen LogP contribution in [0.2, 0.25) is 0 Å². The van der Waals surface area contributed by atoms with Gasteiger partial charge in [0.15, 0.2) is 18.1 Å². The lowest BCUT2D eigenvalue weighted by molar-refractivity contribution is -0.124. The van der Waals surface area contributed by atoms with Crippen LogP contribution < -0.4 is 20.1 Å². The Balaban J connectivity index is 0.00000625. The maximum absolute atomic E-state index is 11.9. The third kappa shape index (κ3) is 10.5. The van der Waals surface area contributed by atoms with Crippen LogP contribution in [0.4, 0.5) is 0 Å². The van der Waals surface area contributed by atoms with Gasteiger partial charge in [-0.25, -0.2) is 0 Å². The molecule has 6 heteroatoms. The number of carbonyl (C=O) groups excluding carboxylic acids is 1. The highest BCUT2D eigenvalue weighted by Crippen LogP contribution is 2.28. The number of nitrogens with one attached hydrogen (secondary N) is 2. The van der Waals surface area contributed by atoms with Gasteiger partial charge in [-0.2, -0.15) is 0 Å². The Morgan fingerprint density at radius 3 is 2.46 bits per heavy atom. The van der Waals surface area contributed by atoms with Crippen molar-refractivity contribution in [2.24, 2.45) is 0 Å². The molecule has 0 bridgehead atoms. The number of carbonyl (C=O) groups is 1. The van der Waals surface area contributed by atoms with Crippen LogP contribution in [0.3, 0.4) is 0 Å². The number of rotatable bonds is 11. The summed E-state index contributed by atoms with van der Waals surface area (Å²) in [6, 6.07) is 5.81. The molecule has 1 rings (SSSR count). The minimum Gasteiger partial charge on any atom is -0.493 e. The first-order valence-electron chi connectivity index (χ1n) is 9.17. The van der Waals surface area contributed by atoms with Crippen molar-refractivity contribution in [2.75, 3.05) is 20.3 Å². The monoisotopic (exact) mass is 386 g/mol. The highest BCUT2D eigenvalue weighted by atomic mass is 35.5. The van der Waals surface area contributed by atoms with Crippen molar-refractivity contribution in [3.05, 3.63) is 23.8 Å². The molecule has 0 radical (unpaired) electrons. The zero-order valence-corrected chi connectivity index (χ0v) is 17.6. The highest BCUT2D eigenvalue weighted by Gasteiger charge is 2.15. The predicted molar refractivity (Wildman–Crippen MR) is 109 cm³/mol. The Morgan fingerprint density at radius 1 is 1.12 bits per heavy atom. The van der Waals surface area contributed by atoms with E-state index in [2.05, 4.69) is 17.6 Å². The van der Waals surface area contributed by atoms with Gasteiger partial charge >= 0.3 is 0 Å². The molecular formula is C20H35ClN2O3. The maximum Gasteiger partial charge on any atom is 0.258 e. The quantitative estimate of drug-likeness (QED) is 0.562. The zero-order chi connectivity index (χ0) is 18.7. The summed E-state index contributed by atoms with van der Waals surface area (Å²) in [6.07, 6.45) is 5.03. The first-order chi connectivity index (χ1) is 11.9. The van der Waals surface area contributed by atoms with Gasteiger partial charge in [0.2, 0.25) is 0 Å². The molecule has 150 valence electrons. The molecule has 2 N–H and O–H groups in total. The van der Waals surface area contributed by atoms with Crippen molar-refractivity contribution in [3.63, 3.8) is 0 Å². The summed E-state index contributed by atoms with van der Waals surface area (Å²) in [4.78, 5) is 11.9. The lowest BCUT2D eigenvalue weighted by atomic mass is 10.1. The Labute approximate surface area is 164 Å². The van der Waals surface area contributed by atoms with E-state index in [1.165, 1.54) is 25.7 Å². The fourth-order valence-electron chi connectivity index (χ4n) is 2.45. The molecule has 1 amide bonds. The zero-order valence-electron chi connectivity index (χ0n) is 16.8. The van der Waals surface area contributed by atoms with Crippen LogP contribution in [-0.2, 0) is 11.3 Å². The molecule has 0 atom stereocenters. The average Bonchev–Trinajstić information content (AvgIpc) is 2.55. The van der Waals surface area contributed by atoms with Gasteiger partial charge in [-0.3, -0.25) is 4.79 Å². The molecule has 0 unspecified atom stereocenters. The van der Waals surface area contributed by atoms with Crippen LogP contribution in [-0.4, -0.2) is 31.7 Å². The molecule has 0 aliphatic heterocycles. The molecule has 1 aromatic rings. The second-order valence-corrected chi connectivity index (χ2v) is 7.31. The third-order valence-corrected chi connectivity index (χ3v) is 3.64. The minimum atomic E-state index is -0.267. The van der Waals surface area contributed by atoms with Gasteiger partial charge in [-0.15, -0.1) is 12.4 Å². The van der Waals surface area contributed by atoms with E-state index in [9.17, 15) is 4.79 Å². The van der Waals surface area contributed by atoms with Gasteiger partial charge in [-0.05, 0) is 51.4 Å². The van der Waals surface area contributed by atoms with E-state index in [-0.39, 0.29) is 30.5 Å². The first-order valence-corrected chi connectivity index (χ1v) is 9.17. The Morgan fingerprint density at radius 2 is 1.85 bits per heavy atom. The summed E-state index contributed by atoms with van der Waals surface area (Å²) in [5.41, 5.74) is 0.871. The van der Waals surface area contributed by atoms with Gasteiger partial charge in [0.25, 0.3) is 5.91 Å². The molecule has 0 spiro atoms. The fraction of sp³-hybridized carbons (Fsp3) is 0.650. The van der Waals surface area contributed by atoms with Crippen molar-refractivity contribution in [1.29, 1.82) is 0 Å². The van der Waals surface area contributed by atoms with E-state index in [0.29, 0.717) is 11.5 Å². The molecule has 26 heavy (non-hydrogen) atoms. The van der Waals surface area contributed by atoms with Crippen molar-refractivity contribution < 1.29 is 14.3 Å². The van der Waals surface area contributed by atoms with Crippen LogP contribution in [0, 0.1) is 0 Å². The third-order valence-electron chi connectivity index (χ3n) is 3.64. The van der Waals surface area contributed by atoms with Gasteiger partial charge < -0.3 is 20.1 Å². The molecule has 0 heterocycles. The molecule has 0 aliphatic carbocycles. The number of hydrogen-bond donors (Lipinski definition) is 2. The molecule has 0 saturated carbocycles. The SMILES string of the molecule is CCCCCCNCc1ccc(OCC(=O)NC(C)(C)C)c(OC)c1.Cl. The number of amides is 1. The topological polar surface area (TPSA) is 59.6 Å². The van der Waals surface area contributed by atoms with E-state index in [1.54, 1.807) is 7.11 Å². The Kier molecular flexibility index (Phi) is 12.1. The lowest BCUT2D eigenvalue weighted by Crippen LogP contribution is -2.43. The molecule has 5 nitrogen and oxygen atoms in total. The van der Waals surface area contributed by atoms with Gasteiger partial charge in [0.1, 0.15) is 0 Å². The number of halogens is 1. The first kappa shape index (κ1) is 24.5. The largest absolute Gasteiger partial charge is 0.493 e. The number of ether oxygens (including phenoxy) is 2. The number of hydrogen-bond acceptors (Lipinski definition) is 4. The summed E-state index contributed by atoms with van der Waals surface area (Å²) < 4.78 is 11.0. The maximum atomic E-state index is 11.9. The smallest absolute Gasteiger partial charge is 0.258 e.